The van der Waals surface area contributed by atoms with Crippen LogP contribution in [0, 0.1) is 0 Å². The second-order valence-electron chi connectivity index (χ2n) is 5.64. The summed E-state index contributed by atoms with van der Waals surface area (Å²) in [6.45, 7) is 3.48. The first-order chi connectivity index (χ1) is 9.40. The summed E-state index contributed by atoms with van der Waals surface area (Å²) in [4.78, 5) is 6.75. The van der Waals surface area contributed by atoms with E-state index in [4.69, 9.17) is 0 Å². The maximum atomic E-state index is 4.19. The third-order valence-corrected chi connectivity index (χ3v) is 5.28. The number of nitrogens with zero attached hydrogens (tertiary/aromatic N) is 2. The van der Waals surface area contributed by atoms with E-state index in [0.717, 1.165) is 18.6 Å². The largest absolute Gasteiger partial charge is 0.310 e. The van der Waals surface area contributed by atoms with E-state index in [1.807, 2.05) is 18.5 Å². The minimum atomic E-state index is 0.744. The van der Waals surface area contributed by atoms with E-state index >= 15 is 0 Å². The summed E-state index contributed by atoms with van der Waals surface area (Å²) in [5, 5.41) is 3.84. The number of nitrogens with one attached hydrogen (secondary N) is 1. The normalized spacial score (nSPS) is 25.8. The van der Waals surface area contributed by atoms with E-state index in [9.17, 15) is 0 Å². The molecule has 0 unspecified atom stereocenters. The Bertz CT molecular complexity index is 370. The molecule has 1 N–H and O–H groups in total. The highest BCUT2D eigenvalue weighted by Crippen LogP contribution is 2.20. The van der Waals surface area contributed by atoms with Gasteiger partial charge in [-0.3, -0.25) is 9.88 Å². The lowest BCUT2D eigenvalue weighted by atomic mass is 10.0. The number of aromatic nitrogens is 1. The quantitative estimate of drug-likeness (QED) is 0.913. The highest BCUT2D eigenvalue weighted by molar-refractivity contribution is 7.99. The van der Waals surface area contributed by atoms with Gasteiger partial charge in [0, 0.05) is 36.8 Å². The van der Waals surface area contributed by atoms with Crippen molar-refractivity contribution in [3.8, 4) is 0 Å². The van der Waals surface area contributed by atoms with Crippen LogP contribution in [-0.4, -0.2) is 46.6 Å². The molecule has 1 aromatic rings. The van der Waals surface area contributed by atoms with Crippen LogP contribution in [-0.2, 0) is 6.54 Å². The molecule has 2 aliphatic rings. The minimum Gasteiger partial charge on any atom is -0.310 e. The van der Waals surface area contributed by atoms with Gasteiger partial charge in [0.05, 0.1) is 0 Å². The Kier molecular flexibility index (Phi) is 4.75. The summed E-state index contributed by atoms with van der Waals surface area (Å²) in [6, 6.07) is 5.72. The molecule has 1 atom stereocenters. The molecule has 2 aliphatic heterocycles. The van der Waals surface area contributed by atoms with E-state index in [2.05, 4.69) is 33.0 Å². The standard InChI is InChI=1S/C15H23N3S/c1-2-13(10-16-6-1)11-18-7-3-14(4-8-18)17-15-5-9-19-12-15/h1-2,6,10,14-15,17H,3-5,7-9,11-12H2/t15-/m1/s1. The van der Waals surface area contributed by atoms with Crippen LogP contribution in [0.4, 0.5) is 0 Å². The summed E-state index contributed by atoms with van der Waals surface area (Å²) in [6.07, 6.45) is 7.78. The molecule has 0 bridgehead atoms. The van der Waals surface area contributed by atoms with E-state index in [-0.39, 0.29) is 0 Å². The van der Waals surface area contributed by atoms with E-state index in [1.54, 1.807) is 0 Å². The molecule has 3 rings (SSSR count). The number of piperidine rings is 1. The van der Waals surface area contributed by atoms with Crippen molar-refractivity contribution in [2.45, 2.75) is 37.9 Å². The van der Waals surface area contributed by atoms with Gasteiger partial charge in [0.1, 0.15) is 0 Å². The van der Waals surface area contributed by atoms with Crippen molar-refractivity contribution in [2.75, 3.05) is 24.6 Å². The zero-order chi connectivity index (χ0) is 12.9. The van der Waals surface area contributed by atoms with Crippen LogP contribution in [0.25, 0.3) is 0 Å². The summed E-state index contributed by atoms with van der Waals surface area (Å²) >= 11 is 2.09. The van der Waals surface area contributed by atoms with Crippen molar-refractivity contribution >= 4 is 11.8 Å². The molecular formula is C15H23N3S. The second kappa shape index (κ2) is 6.73. The summed E-state index contributed by atoms with van der Waals surface area (Å²) < 4.78 is 0. The van der Waals surface area contributed by atoms with Gasteiger partial charge in [0.15, 0.2) is 0 Å². The van der Waals surface area contributed by atoms with Crippen LogP contribution < -0.4 is 5.32 Å². The first-order valence-electron chi connectivity index (χ1n) is 7.35. The van der Waals surface area contributed by atoms with Gasteiger partial charge in [0.25, 0.3) is 0 Å². The van der Waals surface area contributed by atoms with E-state index in [0.29, 0.717) is 0 Å². The lowest BCUT2D eigenvalue weighted by Gasteiger charge is -2.33. The molecule has 19 heavy (non-hydrogen) atoms. The molecule has 0 aromatic carbocycles. The first-order valence-corrected chi connectivity index (χ1v) is 8.51. The van der Waals surface area contributed by atoms with Crippen molar-refractivity contribution < 1.29 is 0 Å². The molecule has 104 valence electrons. The predicted octanol–water partition coefficient (Wildman–Crippen LogP) is 2.14. The average Bonchev–Trinajstić information content (AvgIpc) is 2.95. The number of pyridine rings is 1. The fraction of sp³-hybridized carbons (Fsp3) is 0.667. The minimum absolute atomic E-state index is 0.744. The molecule has 2 saturated heterocycles. The fourth-order valence-electron chi connectivity index (χ4n) is 3.01. The highest BCUT2D eigenvalue weighted by Gasteiger charge is 2.23. The maximum absolute atomic E-state index is 4.19. The molecule has 0 saturated carbocycles. The molecule has 0 radical (unpaired) electrons. The smallest absolute Gasteiger partial charge is 0.0312 e. The van der Waals surface area contributed by atoms with Crippen LogP contribution in [0.2, 0.25) is 0 Å². The van der Waals surface area contributed by atoms with Gasteiger partial charge in [-0.05, 0) is 49.7 Å². The van der Waals surface area contributed by atoms with E-state index < -0.39 is 0 Å². The topological polar surface area (TPSA) is 28.2 Å². The van der Waals surface area contributed by atoms with Crippen LogP contribution in [0.15, 0.2) is 24.5 Å². The Morgan fingerprint density at radius 3 is 2.84 bits per heavy atom. The van der Waals surface area contributed by atoms with Gasteiger partial charge < -0.3 is 5.32 Å². The molecule has 2 fully saturated rings. The van der Waals surface area contributed by atoms with Gasteiger partial charge in [-0.25, -0.2) is 0 Å². The van der Waals surface area contributed by atoms with Crippen LogP contribution >= 0.6 is 11.8 Å². The van der Waals surface area contributed by atoms with Crippen LogP contribution in [0.3, 0.4) is 0 Å². The Hall–Kier alpha value is -0.580. The van der Waals surface area contributed by atoms with Crippen molar-refractivity contribution in [1.82, 2.24) is 15.2 Å². The van der Waals surface area contributed by atoms with Gasteiger partial charge in [-0.1, -0.05) is 6.07 Å². The third-order valence-electron chi connectivity index (χ3n) is 4.12. The molecule has 3 heterocycles. The SMILES string of the molecule is c1cncc(CN2CCC(N[C@@H]3CCSC3)CC2)c1. The van der Waals surface area contributed by atoms with Gasteiger partial charge >= 0.3 is 0 Å². The zero-order valence-electron chi connectivity index (χ0n) is 11.4. The number of likely N-dealkylation sites (tertiary alicyclic amines) is 1. The molecule has 1 aromatic heterocycles. The average molecular weight is 277 g/mol. The van der Waals surface area contributed by atoms with Gasteiger partial charge in [-0.15, -0.1) is 0 Å². The fourth-order valence-corrected chi connectivity index (χ4v) is 4.17. The number of rotatable bonds is 4. The first kappa shape index (κ1) is 13.4. The predicted molar refractivity (Wildman–Crippen MR) is 81.4 cm³/mol. The van der Waals surface area contributed by atoms with Crippen LogP contribution in [0.5, 0.6) is 0 Å². The van der Waals surface area contributed by atoms with Crippen molar-refractivity contribution in [3.63, 3.8) is 0 Å². The lowest BCUT2D eigenvalue weighted by molar-refractivity contribution is 0.185. The number of hydrogen-bond donors (Lipinski definition) is 1. The lowest BCUT2D eigenvalue weighted by Crippen LogP contribution is -2.46. The summed E-state index contributed by atoms with van der Waals surface area (Å²) in [7, 11) is 0. The van der Waals surface area contributed by atoms with Crippen molar-refractivity contribution in [3.05, 3.63) is 30.1 Å². The molecular weight excluding hydrogens is 254 g/mol. The molecule has 0 spiro atoms. The Balaban J connectivity index is 1.41. The third kappa shape index (κ3) is 3.94. The monoisotopic (exact) mass is 277 g/mol. The molecule has 4 heteroatoms. The summed E-state index contributed by atoms with van der Waals surface area (Å²) in [5.74, 6) is 2.66. The highest BCUT2D eigenvalue weighted by atomic mass is 32.2. The Morgan fingerprint density at radius 2 is 2.16 bits per heavy atom. The van der Waals surface area contributed by atoms with Gasteiger partial charge in [0.2, 0.25) is 0 Å². The second-order valence-corrected chi connectivity index (χ2v) is 6.79. The molecule has 0 amide bonds. The molecule has 3 nitrogen and oxygen atoms in total. The maximum Gasteiger partial charge on any atom is 0.0312 e. The van der Waals surface area contributed by atoms with Gasteiger partial charge in [-0.2, -0.15) is 11.8 Å². The van der Waals surface area contributed by atoms with Crippen molar-refractivity contribution in [2.24, 2.45) is 0 Å². The van der Waals surface area contributed by atoms with Crippen LogP contribution in [0.1, 0.15) is 24.8 Å². The van der Waals surface area contributed by atoms with E-state index in [1.165, 1.54) is 49.4 Å². The Labute approximate surface area is 120 Å². The van der Waals surface area contributed by atoms with Crippen molar-refractivity contribution in [1.29, 1.82) is 0 Å². The summed E-state index contributed by atoms with van der Waals surface area (Å²) in [5.41, 5.74) is 1.33. The molecule has 0 aliphatic carbocycles. The number of hydrogen-bond acceptors (Lipinski definition) is 4. The Morgan fingerprint density at radius 1 is 1.26 bits per heavy atom. The number of thioether (sulfide) groups is 1. The zero-order valence-corrected chi connectivity index (χ0v) is 12.2.